The molecule has 4 nitrogen and oxygen atoms in total. The number of Topliss-reactive ketones (excluding diaryl/α,β-unsaturated/α-hetero) is 1. The van der Waals surface area contributed by atoms with Gasteiger partial charge in [0.2, 0.25) is 0 Å². The van der Waals surface area contributed by atoms with Gasteiger partial charge in [0.25, 0.3) is 5.78 Å². The summed E-state index contributed by atoms with van der Waals surface area (Å²) in [5.41, 5.74) is 2.41. The molecule has 24 heavy (non-hydrogen) atoms. The minimum Gasteiger partial charge on any atom is -0.291 e. The Bertz CT molecular complexity index is 755. The van der Waals surface area contributed by atoms with Crippen molar-refractivity contribution >= 4 is 17.4 Å². The van der Waals surface area contributed by atoms with Crippen LogP contribution in [0.5, 0.6) is 0 Å². The number of carbonyl (C=O) groups is 2. The smallest absolute Gasteiger partial charge is 0.291 e. The van der Waals surface area contributed by atoms with Crippen molar-refractivity contribution in [1.29, 1.82) is 0 Å². The van der Waals surface area contributed by atoms with E-state index >= 15 is 0 Å². The quantitative estimate of drug-likeness (QED) is 0.791. The van der Waals surface area contributed by atoms with Crippen molar-refractivity contribution < 1.29 is 9.59 Å². The zero-order valence-corrected chi connectivity index (χ0v) is 14.3. The van der Waals surface area contributed by atoms with Crippen molar-refractivity contribution in [3.8, 4) is 0 Å². The molecule has 2 aromatic rings. The van der Waals surface area contributed by atoms with Crippen molar-refractivity contribution in [3.63, 3.8) is 0 Å². The number of benzene rings is 2. The van der Waals surface area contributed by atoms with Crippen LogP contribution in [0.1, 0.15) is 35.8 Å². The van der Waals surface area contributed by atoms with Crippen LogP contribution < -0.4 is 4.90 Å². The lowest BCUT2D eigenvalue weighted by atomic mass is 9.95. The second-order valence-corrected chi connectivity index (χ2v) is 6.58. The summed E-state index contributed by atoms with van der Waals surface area (Å²) in [5.74, 6) is -0.487. The number of fused-ring (bicyclic) bond motifs is 1. The molecule has 0 aromatic heterocycles. The van der Waals surface area contributed by atoms with Gasteiger partial charge in [-0.3, -0.25) is 19.4 Å². The van der Waals surface area contributed by atoms with Crippen LogP contribution in [0.3, 0.4) is 0 Å². The lowest BCUT2D eigenvalue weighted by Gasteiger charge is -2.34. The third-order valence-electron chi connectivity index (χ3n) is 4.49. The molecule has 124 valence electrons. The topological polar surface area (TPSA) is 40.6 Å². The summed E-state index contributed by atoms with van der Waals surface area (Å²) in [5, 5.41) is 0. The van der Waals surface area contributed by atoms with Gasteiger partial charge in [0.1, 0.15) is 0 Å². The fraction of sp³-hybridized carbons (Fsp3) is 0.300. The second-order valence-electron chi connectivity index (χ2n) is 6.58. The summed E-state index contributed by atoms with van der Waals surface area (Å²) in [6, 6.07) is 17.6. The van der Waals surface area contributed by atoms with Crippen LogP contribution in [0.2, 0.25) is 0 Å². The van der Waals surface area contributed by atoms with Gasteiger partial charge in [-0.15, -0.1) is 0 Å². The number of rotatable bonds is 5. The molecule has 0 N–H and O–H groups in total. The predicted molar refractivity (Wildman–Crippen MR) is 94.9 cm³/mol. The molecule has 3 rings (SSSR count). The van der Waals surface area contributed by atoms with E-state index in [-0.39, 0.29) is 6.04 Å². The van der Waals surface area contributed by atoms with Crippen molar-refractivity contribution in [3.05, 3.63) is 65.7 Å². The summed E-state index contributed by atoms with van der Waals surface area (Å²) >= 11 is 0. The number of carbonyl (C=O) groups excluding carboxylic acids is 2. The first-order valence-corrected chi connectivity index (χ1v) is 8.21. The highest BCUT2D eigenvalue weighted by Gasteiger charge is 2.36. The Morgan fingerprint density at radius 1 is 0.958 bits per heavy atom. The normalized spacial score (nSPS) is 15.3. The van der Waals surface area contributed by atoms with Crippen LogP contribution in [0.25, 0.3) is 0 Å². The van der Waals surface area contributed by atoms with E-state index in [1.54, 1.807) is 17.0 Å². The van der Waals surface area contributed by atoms with Crippen molar-refractivity contribution in [1.82, 2.24) is 4.90 Å². The molecule has 0 radical (unpaired) electrons. The lowest BCUT2D eigenvalue weighted by Crippen LogP contribution is -2.42. The van der Waals surface area contributed by atoms with Gasteiger partial charge in [-0.1, -0.05) is 56.3 Å². The van der Waals surface area contributed by atoms with E-state index in [0.29, 0.717) is 23.8 Å². The molecule has 2 aromatic carbocycles. The lowest BCUT2D eigenvalue weighted by molar-refractivity contribution is -0.114. The molecular weight excluding hydrogens is 300 g/mol. The van der Waals surface area contributed by atoms with Gasteiger partial charge in [0.15, 0.2) is 0 Å². The van der Waals surface area contributed by atoms with E-state index in [2.05, 4.69) is 30.9 Å². The van der Waals surface area contributed by atoms with Gasteiger partial charge in [-0.05, 0) is 30.7 Å². The van der Waals surface area contributed by atoms with E-state index in [4.69, 9.17) is 0 Å². The molecule has 1 amide bonds. The largest absolute Gasteiger partial charge is 0.300 e. The van der Waals surface area contributed by atoms with Gasteiger partial charge < -0.3 is 0 Å². The van der Waals surface area contributed by atoms with Crippen LogP contribution in [0.4, 0.5) is 5.69 Å². The zero-order valence-electron chi connectivity index (χ0n) is 14.3. The van der Waals surface area contributed by atoms with E-state index in [0.717, 1.165) is 0 Å². The Hall–Kier alpha value is -2.46. The maximum Gasteiger partial charge on any atom is 0.300 e. The van der Waals surface area contributed by atoms with E-state index in [1.807, 2.05) is 37.4 Å². The summed E-state index contributed by atoms with van der Waals surface area (Å²) in [4.78, 5) is 28.2. The van der Waals surface area contributed by atoms with E-state index < -0.39 is 11.7 Å². The average Bonchev–Trinajstić information content (AvgIpc) is 2.81. The highest BCUT2D eigenvalue weighted by atomic mass is 16.2. The van der Waals surface area contributed by atoms with E-state index in [1.165, 1.54) is 5.56 Å². The van der Waals surface area contributed by atoms with Crippen LogP contribution in [0.15, 0.2) is 54.6 Å². The fourth-order valence-electron chi connectivity index (χ4n) is 3.50. The highest BCUT2D eigenvalue weighted by molar-refractivity contribution is 6.52. The molecule has 0 spiro atoms. The standard InChI is InChI=1S/C20H22N2O2/c1-14(2)18(15-9-5-4-6-10-15)21(3)13-22-17-12-8-7-11-16(17)19(23)20(22)24/h4-12,14,18H,13H2,1-3H3. The summed E-state index contributed by atoms with van der Waals surface area (Å²) < 4.78 is 0. The van der Waals surface area contributed by atoms with Gasteiger partial charge in [0, 0.05) is 6.04 Å². The Morgan fingerprint density at radius 2 is 1.58 bits per heavy atom. The average molecular weight is 322 g/mol. The third kappa shape index (κ3) is 2.85. The summed E-state index contributed by atoms with van der Waals surface area (Å²) in [7, 11) is 2.00. The predicted octanol–water partition coefficient (Wildman–Crippen LogP) is 3.50. The Labute approximate surface area is 142 Å². The molecule has 1 heterocycles. The summed E-state index contributed by atoms with van der Waals surface area (Å²) in [6.07, 6.45) is 0. The van der Waals surface area contributed by atoms with Crippen molar-refractivity contribution in [2.45, 2.75) is 19.9 Å². The molecule has 0 saturated carbocycles. The minimum atomic E-state index is -0.446. The molecule has 1 aliphatic rings. The van der Waals surface area contributed by atoms with Crippen LogP contribution >= 0.6 is 0 Å². The second kappa shape index (κ2) is 6.57. The molecule has 1 aliphatic heterocycles. The van der Waals surface area contributed by atoms with Gasteiger partial charge in [-0.25, -0.2) is 0 Å². The minimum absolute atomic E-state index is 0.168. The number of hydrogen-bond acceptors (Lipinski definition) is 3. The van der Waals surface area contributed by atoms with Gasteiger partial charge in [-0.2, -0.15) is 0 Å². The first-order chi connectivity index (χ1) is 11.5. The molecule has 0 bridgehead atoms. The molecule has 0 fully saturated rings. The monoisotopic (exact) mass is 322 g/mol. The molecule has 0 saturated heterocycles. The van der Waals surface area contributed by atoms with Gasteiger partial charge >= 0.3 is 5.91 Å². The number of nitrogens with zero attached hydrogens (tertiary/aromatic N) is 2. The first kappa shape index (κ1) is 16.4. The van der Waals surface area contributed by atoms with Crippen LogP contribution in [-0.4, -0.2) is 30.3 Å². The Balaban J connectivity index is 1.87. The number of para-hydroxylation sites is 1. The SMILES string of the molecule is CC(C)C(c1ccccc1)N(C)CN1C(=O)C(=O)c2ccccc21. The zero-order chi connectivity index (χ0) is 17.3. The highest BCUT2D eigenvalue weighted by Crippen LogP contribution is 2.32. The number of anilines is 1. The van der Waals surface area contributed by atoms with Crippen molar-refractivity contribution in [2.75, 3.05) is 18.6 Å². The maximum absolute atomic E-state index is 12.4. The number of ketones is 1. The van der Waals surface area contributed by atoms with Crippen LogP contribution in [0, 0.1) is 5.92 Å². The molecule has 1 atom stereocenters. The summed E-state index contributed by atoms with van der Waals surface area (Å²) in [6.45, 7) is 4.72. The fourth-order valence-corrected chi connectivity index (χ4v) is 3.50. The Kier molecular flexibility index (Phi) is 4.49. The first-order valence-electron chi connectivity index (χ1n) is 8.21. The molecular formula is C20H22N2O2. The maximum atomic E-state index is 12.4. The van der Waals surface area contributed by atoms with Crippen LogP contribution in [-0.2, 0) is 4.79 Å². The third-order valence-corrected chi connectivity index (χ3v) is 4.49. The molecule has 0 aliphatic carbocycles. The molecule has 4 heteroatoms. The Morgan fingerprint density at radius 3 is 2.25 bits per heavy atom. The van der Waals surface area contributed by atoms with Crippen molar-refractivity contribution in [2.24, 2.45) is 5.92 Å². The number of hydrogen-bond donors (Lipinski definition) is 0. The van der Waals surface area contributed by atoms with Gasteiger partial charge in [0.05, 0.1) is 17.9 Å². The molecule has 1 unspecified atom stereocenters. The van der Waals surface area contributed by atoms with E-state index in [9.17, 15) is 9.59 Å². The number of amides is 1.